The maximum atomic E-state index is 12.2. The first-order valence-corrected chi connectivity index (χ1v) is 8.88. The number of sulfone groups is 1. The molecule has 0 spiro atoms. The van der Waals surface area contributed by atoms with Gasteiger partial charge >= 0.3 is 0 Å². The average Bonchev–Trinajstić information content (AvgIpc) is 2.38. The van der Waals surface area contributed by atoms with Gasteiger partial charge in [0, 0.05) is 0 Å². The second kappa shape index (κ2) is 5.35. The predicted molar refractivity (Wildman–Crippen MR) is 75.1 cm³/mol. The topological polar surface area (TPSA) is 94.3 Å². The molecule has 0 radical (unpaired) electrons. The molecule has 0 aromatic heterocycles. The Bertz CT molecular complexity index is 795. The zero-order chi connectivity index (χ0) is 14.8. The van der Waals surface area contributed by atoms with Crippen LogP contribution in [0.2, 0.25) is 0 Å². The van der Waals surface area contributed by atoms with Crippen molar-refractivity contribution in [3.8, 4) is 0 Å². The second-order valence-corrected chi connectivity index (χ2v) is 7.81. The summed E-state index contributed by atoms with van der Waals surface area (Å²) in [5, 5.41) is 4.96. The van der Waals surface area contributed by atoms with Crippen molar-refractivity contribution < 1.29 is 16.8 Å². The Morgan fingerprint density at radius 3 is 1.75 bits per heavy atom. The Kier molecular flexibility index (Phi) is 3.94. The van der Waals surface area contributed by atoms with Crippen molar-refractivity contribution in [3.63, 3.8) is 0 Å². The molecule has 0 aliphatic heterocycles. The van der Waals surface area contributed by atoms with E-state index >= 15 is 0 Å². The van der Waals surface area contributed by atoms with Gasteiger partial charge in [-0.1, -0.05) is 30.3 Å². The van der Waals surface area contributed by atoms with Crippen LogP contribution in [-0.4, -0.2) is 16.8 Å². The van der Waals surface area contributed by atoms with Crippen LogP contribution in [-0.2, 0) is 25.6 Å². The van der Waals surface area contributed by atoms with Gasteiger partial charge in [-0.3, -0.25) is 0 Å². The minimum atomic E-state index is -3.82. The van der Waals surface area contributed by atoms with Crippen LogP contribution in [0.3, 0.4) is 0 Å². The van der Waals surface area contributed by atoms with Crippen LogP contribution in [0.15, 0.2) is 64.4 Å². The molecule has 0 saturated heterocycles. The molecule has 2 aromatic carbocycles. The molecule has 0 saturated carbocycles. The molecule has 2 N–H and O–H groups in total. The Hall–Kier alpha value is -1.70. The molecular weight excluding hydrogens is 298 g/mol. The molecule has 0 bridgehead atoms. The SMILES string of the molecule is NS(=O)(=O)c1ccc(S(=O)(=O)Cc2ccccc2)cc1. The highest BCUT2D eigenvalue weighted by Gasteiger charge is 2.16. The molecule has 0 heterocycles. The summed E-state index contributed by atoms with van der Waals surface area (Å²) >= 11 is 0. The van der Waals surface area contributed by atoms with Gasteiger partial charge in [0.1, 0.15) is 0 Å². The fourth-order valence-electron chi connectivity index (χ4n) is 1.71. The van der Waals surface area contributed by atoms with Crippen molar-refractivity contribution in [1.82, 2.24) is 0 Å². The molecule has 0 atom stereocenters. The van der Waals surface area contributed by atoms with Crippen molar-refractivity contribution in [2.24, 2.45) is 5.14 Å². The summed E-state index contributed by atoms with van der Waals surface area (Å²) < 4.78 is 46.6. The summed E-state index contributed by atoms with van der Waals surface area (Å²) in [5.74, 6) is -0.136. The summed E-state index contributed by atoms with van der Waals surface area (Å²) in [6.07, 6.45) is 0. The van der Waals surface area contributed by atoms with Crippen molar-refractivity contribution in [2.45, 2.75) is 15.5 Å². The Morgan fingerprint density at radius 2 is 1.25 bits per heavy atom. The molecule has 5 nitrogen and oxygen atoms in total. The molecule has 20 heavy (non-hydrogen) atoms. The van der Waals surface area contributed by atoms with Gasteiger partial charge in [-0.05, 0) is 29.8 Å². The van der Waals surface area contributed by atoms with E-state index in [4.69, 9.17) is 5.14 Å². The largest absolute Gasteiger partial charge is 0.238 e. The molecule has 0 aliphatic carbocycles. The standard InChI is InChI=1S/C13H13NO4S2/c14-20(17,18)13-8-6-12(7-9-13)19(15,16)10-11-4-2-1-3-5-11/h1-9H,10H2,(H2,14,17,18). The van der Waals surface area contributed by atoms with E-state index < -0.39 is 19.9 Å². The smallest absolute Gasteiger partial charge is 0.225 e. The average molecular weight is 311 g/mol. The third kappa shape index (κ3) is 3.44. The quantitative estimate of drug-likeness (QED) is 0.921. The van der Waals surface area contributed by atoms with Crippen LogP contribution < -0.4 is 5.14 Å². The zero-order valence-corrected chi connectivity index (χ0v) is 12.1. The van der Waals surface area contributed by atoms with E-state index in [2.05, 4.69) is 0 Å². The summed E-state index contributed by atoms with van der Waals surface area (Å²) in [7, 11) is -7.33. The monoisotopic (exact) mass is 311 g/mol. The minimum Gasteiger partial charge on any atom is -0.225 e. The highest BCUT2D eigenvalue weighted by atomic mass is 32.2. The predicted octanol–water partition coefficient (Wildman–Crippen LogP) is 1.31. The number of hydrogen-bond acceptors (Lipinski definition) is 4. The van der Waals surface area contributed by atoms with Crippen LogP contribution in [0.25, 0.3) is 0 Å². The zero-order valence-electron chi connectivity index (χ0n) is 10.4. The molecule has 0 aliphatic rings. The lowest BCUT2D eigenvalue weighted by molar-refractivity contribution is 0.592. The van der Waals surface area contributed by atoms with Gasteiger partial charge in [-0.15, -0.1) is 0 Å². The maximum absolute atomic E-state index is 12.2. The summed E-state index contributed by atoms with van der Waals surface area (Å²) in [6, 6.07) is 13.6. The molecular formula is C13H13NO4S2. The second-order valence-electron chi connectivity index (χ2n) is 4.26. The van der Waals surface area contributed by atoms with Gasteiger partial charge in [0.25, 0.3) is 0 Å². The lowest BCUT2D eigenvalue weighted by Gasteiger charge is -2.05. The number of rotatable bonds is 4. The van der Waals surface area contributed by atoms with Crippen LogP contribution in [0, 0.1) is 0 Å². The number of hydrogen-bond donors (Lipinski definition) is 1. The lowest BCUT2D eigenvalue weighted by Crippen LogP contribution is -2.12. The minimum absolute atomic E-state index is 0.0637. The first-order chi connectivity index (χ1) is 9.29. The Balaban J connectivity index is 2.31. The highest BCUT2D eigenvalue weighted by molar-refractivity contribution is 7.90. The van der Waals surface area contributed by atoms with Gasteiger partial charge in [-0.25, -0.2) is 22.0 Å². The molecule has 2 rings (SSSR count). The summed E-state index contributed by atoms with van der Waals surface area (Å²) in [6.45, 7) is 0. The Morgan fingerprint density at radius 1 is 0.750 bits per heavy atom. The van der Waals surface area contributed by atoms with Gasteiger partial charge in [-0.2, -0.15) is 0 Å². The fraction of sp³-hybridized carbons (Fsp3) is 0.0769. The lowest BCUT2D eigenvalue weighted by atomic mass is 10.2. The molecule has 106 valence electrons. The molecule has 7 heteroatoms. The first kappa shape index (κ1) is 14.7. The van der Waals surface area contributed by atoms with E-state index in [1.807, 2.05) is 0 Å². The first-order valence-electron chi connectivity index (χ1n) is 5.68. The van der Waals surface area contributed by atoms with E-state index in [0.717, 1.165) is 0 Å². The van der Waals surface area contributed by atoms with Crippen molar-refractivity contribution >= 4 is 19.9 Å². The number of benzene rings is 2. The van der Waals surface area contributed by atoms with Gasteiger partial charge in [0.15, 0.2) is 9.84 Å². The maximum Gasteiger partial charge on any atom is 0.238 e. The van der Waals surface area contributed by atoms with Crippen LogP contribution >= 0.6 is 0 Å². The van der Waals surface area contributed by atoms with Gasteiger partial charge < -0.3 is 0 Å². The number of nitrogens with two attached hydrogens (primary N) is 1. The van der Waals surface area contributed by atoms with Crippen molar-refractivity contribution in [2.75, 3.05) is 0 Å². The number of primary sulfonamides is 1. The van der Waals surface area contributed by atoms with E-state index in [0.29, 0.717) is 5.56 Å². The van der Waals surface area contributed by atoms with Crippen molar-refractivity contribution in [1.29, 1.82) is 0 Å². The van der Waals surface area contributed by atoms with E-state index in [1.54, 1.807) is 30.3 Å². The normalized spacial score (nSPS) is 12.2. The number of sulfonamides is 1. The fourth-order valence-corrected chi connectivity index (χ4v) is 3.58. The van der Waals surface area contributed by atoms with Crippen LogP contribution in [0.4, 0.5) is 0 Å². The van der Waals surface area contributed by atoms with E-state index in [9.17, 15) is 16.8 Å². The van der Waals surface area contributed by atoms with E-state index in [1.165, 1.54) is 24.3 Å². The molecule has 0 unspecified atom stereocenters. The molecule has 0 amide bonds. The van der Waals surface area contributed by atoms with Gasteiger partial charge in [0.2, 0.25) is 10.0 Å². The summed E-state index contributed by atoms with van der Waals surface area (Å²) in [4.78, 5) is -0.0510. The third-order valence-corrected chi connectivity index (χ3v) is 5.34. The van der Waals surface area contributed by atoms with Crippen LogP contribution in [0.5, 0.6) is 0 Å². The Labute approximate surface area is 118 Å². The van der Waals surface area contributed by atoms with Crippen molar-refractivity contribution in [3.05, 3.63) is 60.2 Å². The molecule has 0 fully saturated rings. The highest BCUT2D eigenvalue weighted by Crippen LogP contribution is 2.18. The molecule has 2 aromatic rings. The summed E-state index contributed by atoms with van der Waals surface area (Å²) in [5.41, 5.74) is 0.669. The van der Waals surface area contributed by atoms with Gasteiger partial charge in [0.05, 0.1) is 15.5 Å². The van der Waals surface area contributed by atoms with Crippen LogP contribution in [0.1, 0.15) is 5.56 Å². The third-order valence-electron chi connectivity index (χ3n) is 2.71. The van der Waals surface area contributed by atoms with E-state index in [-0.39, 0.29) is 15.5 Å².